The van der Waals surface area contributed by atoms with Crippen molar-refractivity contribution < 1.29 is 17.6 Å². The van der Waals surface area contributed by atoms with Crippen LogP contribution in [0, 0.1) is 0 Å². The van der Waals surface area contributed by atoms with Crippen molar-refractivity contribution in [1.29, 1.82) is 0 Å². The van der Waals surface area contributed by atoms with Crippen molar-refractivity contribution in [3.8, 4) is 10.8 Å². The Hall–Kier alpha value is -1.67. The highest BCUT2D eigenvalue weighted by Gasteiger charge is 2.25. The fourth-order valence-electron chi connectivity index (χ4n) is 2.41. The summed E-state index contributed by atoms with van der Waals surface area (Å²) in [5.74, 6) is -0.356. The van der Waals surface area contributed by atoms with Gasteiger partial charge in [-0.15, -0.1) is 11.3 Å². The highest BCUT2D eigenvalue weighted by Crippen LogP contribution is 2.24. The Labute approximate surface area is 132 Å². The third-order valence-corrected chi connectivity index (χ3v) is 5.78. The van der Waals surface area contributed by atoms with Gasteiger partial charge in [0.05, 0.1) is 17.7 Å². The summed E-state index contributed by atoms with van der Waals surface area (Å²) in [4.78, 5) is 17.8. The largest absolute Gasteiger partial charge is 0.462 e. The molecule has 0 spiro atoms. The first-order chi connectivity index (χ1) is 10.5. The van der Waals surface area contributed by atoms with E-state index in [2.05, 4.69) is 4.98 Å². The molecule has 2 aromatic rings. The molecule has 1 saturated heterocycles. The number of sulfone groups is 1. The number of thiazole rings is 1. The van der Waals surface area contributed by atoms with Gasteiger partial charge < -0.3 is 9.32 Å². The lowest BCUT2D eigenvalue weighted by atomic mass is 10.4. The van der Waals surface area contributed by atoms with Gasteiger partial charge in [-0.2, -0.15) is 0 Å². The molecule has 0 unspecified atom stereocenters. The van der Waals surface area contributed by atoms with E-state index in [0.717, 1.165) is 12.8 Å². The minimum Gasteiger partial charge on any atom is -0.462 e. The number of hydrogen-bond acceptors (Lipinski definition) is 6. The molecular weight excluding hydrogens is 324 g/mol. The second-order valence-electron chi connectivity index (χ2n) is 5.24. The monoisotopic (exact) mass is 340 g/mol. The van der Waals surface area contributed by atoms with Gasteiger partial charge in [-0.05, 0) is 25.0 Å². The highest BCUT2D eigenvalue weighted by molar-refractivity contribution is 7.91. The van der Waals surface area contributed by atoms with Crippen LogP contribution in [0.5, 0.6) is 0 Å². The van der Waals surface area contributed by atoms with Crippen molar-refractivity contribution >= 4 is 27.1 Å². The first-order valence-electron chi connectivity index (χ1n) is 7.00. The number of carbonyl (C=O) groups excluding carboxylic acids is 1. The van der Waals surface area contributed by atoms with Gasteiger partial charge in [0.1, 0.15) is 5.75 Å². The second-order valence-corrected chi connectivity index (χ2v) is 8.16. The normalized spacial score (nSPS) is 15.4. The van der Waals surface area contributed by atoms with Gasteiger partial charge in [0.15, 0.2) is 20.6 Å². The highest BCUT2D eigenvalue weighted by atomic mass is 32.2. The van der Waals surface area contributed by atoms with E-state index in [1.165, 1.54) is 11.3 Å². The average Bonchev–Trinajstić information content (AvgIpc) is 3.20. The number of carbonyl (C=O) groups is 1. The van der Waals surface area contributed by atoms with Gasteiger partial charge in [0.25, 0.3) is 0 Å². The second kappa shape index (κ2) is 6.21. The molecule has 1 aliphatic heterocycles. The van der Waals surface area contributed by atoms with E-state index in [1.54, 1.807) is 28.7 Å². The van der Waals surface area contributed by atoms with Crippen molar-refractivity contribution in [2.45, 2.75) is 18.6 Å². The van der Waals surface area contributed by atoms with Crippen LogP contribution in [0.15, 0.2) is 28.2 Å². The number of amides is 1. The summed E-state index contributed by atoms with van der Waals surface area (Å²) in [7, 11) is -3.50. The summed E-state index contributed by atoms with van der Waals surface area (Å²) in [6.45, 7) is 1.32. The number of likely N-dealkylation sites (tertiary alicyclic amines) is 1. The minimum absolute atomic E-state index is 0.218. The molecular formula is C14H16N2O4S2. The third-order valence-electron chi connectivity index (χ3n) is 3.45. The van der Waals surface area contributed by atoms with Crippen LogP contribution < -0.4 is 0 Å². The zero-order chi connectivity index (χ0) is 15.6. The van der Waals surface area contributed by atoms with Gasteiger partial charge in [0.2, 0.25) is 5.91 Å². The first-order valence-corrected chi connectivity index (χ1v) is 9.70. The summed E-state index contributed by atoms with van der Waals surface area (Å²) in [5.41, 5.74) is 0.450. The lowest BCUT2D eigenvalue weighted by molar-refractivity contribution is -0.127. The quantitative estimate of drug-likeness (QED) is 0.831. The minimum atomic E-state index is -3.50. The molecule has 3 rings (SSSR count). The van der Waals surface area contributed by atoms with Gasteiger partial charge >= 0.3 is 0 Å². The van der Waals surface area contributed by atoms with Crippen molar-refractivity contribution in [1.82, 2.24) is 9.88 Å². The zero-order valence-corrected chi connectivity index (χ0v) is 13.5. The van der Waals surface area contributed by atoms with Crippen molar-refractivity contribution in [3.05, 3.63) is 29.5 Å². The maximum atomic E-state index is 12.2. The maximum absolute atomic E-state index is 12.2. The molecule has 22 heavy (non-hydrogen) atoms. The third kappa shape index (κ3) is 3.56. The van der Waals surface area contributed by atoms with Crippen molar-refractivity contribution in [3.63, 3.8) is 0 Å². The summed E-state index contributed by atoms with van der Waals surface area (Å²) in [5, 5.41) is 2.33. The Morgan fingerprint density at radius 3 is 2.82 bits per heavy atom. The standard InChI is InChI=1S/C14H16N2O4S2/c17-13(16-5-1-2-6-16)10-22(18,19)9-11-8-21-14(15-11)12-4-3-7-20-12/h3-4,7-8H,1-2,5-6,9-10H2. The zero-order valence-electron chi connectivity index (χ0n) is 11.9. The van der Waals surface area contributed by atoms with Crippen LogP contribution in [-0.2, 0) is 20.4 Å². The van der Waals surface area contributed by atoms with E-state index < -0.39 is 15.6 Å². The van der Waals surface area contributed by atoms with Crippen LogP contribution in [0.3, 0.4) is 0 Å². The van der Waals surface area contributed by atoms with Gasteiger partial charge in [-0.25, -0.2) is 13.4 Å². The van der Waals surface area contributed by atoms with E-state index in [-0.39, 0.29) is 11.7 Å². The maximum Gasteiger partial charge on any atom is 0.237 e. The molecule has 6 nitrogen and oxygen atoms in total. The summed E-state index contributed by atoms with van der Waals surface area (Å²) < 4.78 is 29.5. The van der Waals surface area contributed by atoms with E-state index in [9.17, 15) is 13.2 Å². The Balaban J connectivity index is 1.65. The summed E-state index contributed by atoms with van der Waals surface area (Å²) >= 11 is 1.33. The number of aromatic nitrogens is 1. The van der Waals surface area contributed by atoms with E-state index in [4.69, 9.17) is 4.42 Å². The Morgan fingerprint density at radius 1 is 1.36 bits per heavy atom. The molecule has 3 heterocycles. The van der Waals surface area contributed by atoms with Crippen LogP contribution in [-0.4, -0.2) is 43.1 Å². The van der Waals surface area contributed by atoms with Crippen LogP contribution in [0.1, 0.15) is 18.5 Å². The predicted octanol–water partition coefficient (Wildman–Crippen LogP) is 1.94. The molecule has 0 atom stereocenters. The van der Waals surface area contributed by atoms with Crippen LogP contribution in [0.2, 0.25) is 0 Å². The molecule has 0 N–H and O–H groups in total. The van der Waals surface area contributed by atoms with E-state index in [1.807, 2.05) is 0 Å². The fraction of sp³-hybridized carbons (Fsp3) is 0.429. The summed E-state index contributed by atoms with van der Waals surface area (Å²) in [6.07, 6.45) is 3.44. The van der Waals surface area contributed by atoms with Crippen LogP contribution in [0.4, 0.5) is 0 Å². The van der Waals surface area contributed by atoms with Crippen molar-refractivity contribution in [2.75, 3.05) is 18.8 Å². The molecule has 2 aromatic heterocycles. The molecule has 0 aromatic carbocycles. The number of hydrogen-bond donors (Lipinski definition) is 0. The van der Waals surface area contributed by atoms with E-state index in [0.29, 0.717) is 29.6 Å². The Bertz CT molecular complexity index is 744. The molecule has 0 radical (unpaired) electrons. The smallest absolute Gasteiger partial charge is 0.237 e. The Morgan fingerprint density at radius 2 is 2.14 bits per heavy atom. The number of nitrogens with zero attached hydrogens (tertiary/aromatic N) is 2. The van der Waals surface area contributed by atoms with Gasteiger partial charge in [-0.3, -0.25) is 4.79 Å². The topological polar surface area (TPSA) is 80.5 Å². The molecule has 118 valence electrons. The molecule has 8 heteroatoms. The Kier molecular flexibility index (Phi) is 4.30. The van der Waals surface area contributed by atoms with Crippen molar-refractivity contribution in [2.24, 2.45) is 0 Å². The fourth-order valence-corrected chi connectivity index (χ4v) is 4.56. The van der Waals surface area contributed by atoms with E-state index >= 15 is 0 Å². The molecule has 1 aliphatic rings. The molecule has 0 aliphatic carbocycles. The lowest BCUT2D eigenvalue weighted by Gasteiger charge is -2.14. The summed E-state index contributed by atoms with van der Waals surface area (Å²) in [6, 6.07) is 3.52. The van der Waals surface area contributed by atoms with Crippen LogP contribution >= 0.6 is 11.3 Å². The van der Waals surface area contributed by atoms with Gasteiger partial charge in [0, 0.05) is 18.5 Å². The lowest BCUT2D eigenvalue weighted by Crippen LogP contribution is -2.33. The number of rotatable bonds is 5. The first kappa shape index (κ1) is 15.2. The molecule has 1 fully saturated rings. The van der Waals surface area contributed by atoms with Crippen LogP contribution in [0.25, 0.3) is 10.8 Å². The molecule has 0 bridgehead atoms. The molecule has 0 saturated carbocycles. The SMILES string of the molecule is O=C(CS(=O)(=O)Cc1csc(-c2ccco2)n1)N1CCCC1. The average molecular weight is 340 g/mol. The number of furan rings is 1. The van der Waals surface area contributed by atoms with Gasteiger partial charge in [-0.1, -0.05) is 0 Å². The molecule has 1 amide bonds. The predicted molar refractivity (Wildman–Crippen MR) is 83.1 cm³/mol.